The molecule has 3 heterocycles. The van der Waals surface area contributed by atoms with Crippen molar-refractivity contribution in [3.8, 4) is 11.3 Å². The third kappa shape index (κ3) is 2.53. The molecule has 1 saturated heterocycles. The molecule has 0 amide bonds. The summed E-state index contributed by atoms with van der Waals surface area (Å²) >= 11 is 0. The molecule has 2 atom stereocenters. The number of hydrogen-bond acceptors (Lipinski definition) is 6. The van der Waals surface area contributed by atoms with Gasteiger partial charge in [-0.05, 0) is 19.8 Å². The highest BCUT2D eigenvalue weighted by molar-refractivity contribution is 5.56. The highest BCUT2D eigenvalue weighted by Crippen LogP contribution is 2.24. The lowest BCUT2D eigenvalue weighted by Gasteiger charge is -2.10. The van der Waals surface area contributed by atoms with Gasteiger partial charge in [0, 0.05) is 24.0 Å². The van der Waals surface area contributed by atoms with Crippen LogP contribution in [0.2, 0.25) is 0 Å². The Kier molecular flexibility index (Phi) is 3.08. The van der Waals surface area contributed by atoms with E-state index in [0.29, 0.717) is 17.6 Å². The maximum atomic E-state index is 5.62. The van der Waals surface area contributed by atoms with Gasteiger partial charge in [0.05, 0.1) is 24.1 Å². The number of aromatic nitrogens is 4. The van der Waals surface area contributed by atoms with Gasteiger partial charge < -0.3 is 11.1 Å². The van der Waals surface area contributed by atoms with E-state index < -0.39 is 0 Å². The quantitative estimate of drug-likeness (QED) is 0.842. The fourth-order valence-corrected chi connectivity index (χ4v) is 2.30. The fraction of sp³-hybridized carbons (Fsp3) is 0.385. The van der Waals surface area contributed by atoms with Crippen LogP contribution in [0.1, 0.15) is 31.6 Å². The van der Waals surface area contributed by atoms with E-state index in [1.165, 1.54) is 6.20 Å². The predicted octanol–water partition coefficient (Wildman–Crippen LogP) is 1.33. The first kappa shape index (κ1) is 12.0. The first-order chi connectivity index (χ1) is 9.22. The highest BCUT2D eigenvalue weighted by Gasteiger charge is 2.23. The van der Waals surface area contributed by atoms with Crippen molar-refractivity contribution in [2.24, 2.45) is 0 Å². The van der Waals surface area contributed by atoms with Gasteiger partial charge in [-0.1, -0.05) is 0 Å². The topological polar surface area (TPSA) is 89.6 Å². The molecule has 2 unspecified atom stereocenters. The molecule has 3 N–H and O–H groups in total. The minimum Gasteiger partial charge on any atom is -0.382 e. The SMILES string of the molecule is CC1CCC(c2ncc(-c3cncc(N)n3)cn2)N1. The maximum Gasteiger partial charge on any atom is 0.145 e. The molecule has 0 aliphatic carbocycles. The molecular weight excluding hydrogens is 240 g/mol. The van der Waals surface area contributed by atoms with E-state index >= 15 is 0 Å². The van der Waals surface area contributed by atoms with Crippen molar-refractivity contribution in [1.82, 2.24) is 25.3 Å². The minimum absolute atomic E-state index is 0.260. The number of nitrogen functional groups attached to an aromatic ring is 1. The lowest BCUT2D eigenvalue weighted by Crippen LogP contribution is -2.22. The summed E-state index contributed by atoms with van der Waals surface area (Å²) in [6, 6.07) is 0.795. The molecule has 1 aliphatic heterocycles. The number of nitrogens with one attached hydrogen (secondary N) is 1. The smallest absolute Gasteiger partial charge is 0.145 e. The zero-order valence-corrected chi connectivity index (χ0v) is 10.7. The Labute approximate surface area is 111 Å². The van der Waals surface area contributed by atoms with Gasteiger partial charge in [0.15, 0.2) is 0 Å². The molecule has 0 bridgehead atoms. The number of hydrogen-bond donors (Lipinski definition) is 2. The Morgan fingerprint density at radius 3 is 2.58 bits per heavy atom. The first-order valence-corrected chi connectivity index (χ1v) is 6.38. The van der Waals surface area contributed by atoms with Crippen molar-refractivity contribution in [3.05, 3.63) is 30.6 Å². The molecule has 2 aromatic heterocycles. The molecule has 0 spiro atoms. The summed E-state index contributed by atoms with van der Waals surface area (Å²) in [4.78, 5) is 17.1. The van der Waals surface area contributed by atoms with E-state index in [1.807, 2.05) is 0 Å². The summed E-state index contributed by atoms with van der Waals surface area (Å²) in [6.07, 6.45) is 8.97. The molecule has 0 saturated carbocycles. The van der Waals surface area contributed by atoms with Crippen molar-refractivity contribution in [2.45, 2.75) is 31.8 Å². The summed E-state index contributed by atoms with van der Waals surface area (Å²) < 4.78 is 0. The minimum atomic E-state index is 0.260. The second-order valence-electron chi connectivity index (χ2n) is 4.86. The standard InChI is InChI=1S/C13H16N6/c1-8-2-3-10(18-8)13-16-4-9(5-17-13)11-6-15-7-12(14)19-11/h4-8,10,18H,2-3H2,1H3,(H2,14,19). The van der Waals surface area contributed by atoms with Crippen LogP contribution < -0.4 is 11.1 Å². The monoisotopic (exact) mass is 256 g/mol. The van der Waals surface area contributed by atoms with Crippen molar-refractivity contribution in [2.75, 3.05) is 5.73 Å². The first-order valence-electron chi connectivity index (χ1n) is 6.38. The van der Waals surface area contributed by atoms with Gasteiger partial charge in [-0.3, -0.25) is 4.98 Å². The second-order valence-corrected chi connectivity index (χ2v) is 4.86. The fourth-order valence-electron chi connectivity index (χ4n) is 2.30. The van der Waals surface area contributed by atoms with E-state index in [9.17, 15) is 0 Å². The van der Waals surface area contributed by atoms with Crippen molar-refractivity contribution in [1.29, 1.82) is 0 Å². The van der Waals surface area contributed by atoms with E-state index in [4.69, 9.17) is 5.73 Å². The van der Waals surface area contributed by atoms with Gasteiger partial charge in [0.25, 0.3) is 0 Å². The Morgan fingerprint density at radius 2 is 1.95 bits per heavy atom. The second kappa shape index (κ2) is 4.89. The van der Waals surface area contributed by atoms with E-state index in [2.05, 4.69) is 32.2 Å². The van der Waals surface area contributed by atoms with Gasteiger partial charge >= 0.3 is 0 Å². The number of nitrogens with two attached hydrogens (primary N) is 1. The normalized spacial score (nSPS) is 22.6. The molecule has 0 radical (unpaired) electrons. The van der Waals surface area contributed by atoms with Crippen molar-refractivity contribution >= 4 is 5.82 Å². The van der Waals surface area contributed by atoms with Crippen LogP contribution in [-0.4, -0.2) is 26.0 Å². The zero-order valence-electron chi connectivity index (χ0n) is 10.7. The Bertz CT molecular complexity index is 568. The summed E-state index contributed by atoms with van der Waals surface area (Å²) in [5, 5.41) is 3.47. The van der Waals surface area contributed by atoms with Gasteiger partial charge in [-0.15, -0.1) is 0 Å². The molecule has 0 aromatic carbocycles. The Morgan fingerprint density at radius 1 is 1.16 bits per heavy atom. The van der Waals surface area contributed by atoms with E-state index in [1.54, 1.807) is 18.6 Å². The van der Waals surface area contributed by atoms with Crippen LogP contribution in [0.25, 0.3) is 11.3 Å². The van der Waals surface area contributed by atoms with Crippen LogP contribution >= 0.6 is 0 Å². The van der Waals surface area contributed by atoms with Crippen LogP contribution in [0, 0.1) is 0 Å². The molecular formula is C13H16N6. The summed E-state index contributed by atoms with van der Waals surface area (Å²) in [6.45, 7) is 2.18. The molecule has 1 fully saturated rings. The van der Waals surface area contributed by atoms with Gasteiger partial charge in [-0.25, -0.2) is 15.0 Å². The maximum absolute atomic E-state index is 5.62. The summed E-state index contributed by atoms with van der Waals surface area (Å²) in [7, 11) is 0. The van der Waals surface area contributed by atoms with E-state index in [0.717, 1.165) is 24.2 Å². The average Bonchev–Trinajstić information content (AvgIpc) is 2.86. The third-order valence-electron chi connectivity index (χ3n) is 3.31. The van der Waals surface area contributed by atoms with Crippen molar-refractivity contribution in [3.63, 3.8) is 0 Å². The van der Waals surface area contributed by atoms with Crippen LogP contribution in [0.15, 0.2) is 24.8 Å². The van der Waals surface area contributed by atoms with Gasteiger partial charge in [0.1, 0.15) is 11.6 Å². The number of anilines is 1. The lowest BCUT2D eigenvalue weighted by atomic mass is 10.2. The molecule has 6 heteroatoms. The lowest BCUT2D eigenvalue weighted by molar-refractivity contribution is 0.559. The molecule has 98 valence electrons. The Balaban J connectivity index is 1.83. The van der Waals surface area contributed by atoms with Crippen LogP contribution in [0.3, 0.4) is 0 Å². The Hall–Kier alpha value is -2.08. The van der Waals surface area contributed by atoms with Gasteiger partial charge in [0.2, 0.25) is 0 Å². The molecule has 6 nitrogen and oxygen atoms in total. The van der Waals surface area contributed by atoms with E-state index in [-0.39, 0.29) is 6.04 Å². The average molecular weight is 256 g/mol. The third-order valence-corrected chi connectivity index (χ3v) is 3.31. The molecule has 3 rings (SSSR count). The largest absolute Gasteiger partial charge is 0.382 e. The number of rotatable bonds is 2. The molecule has 19 heavy (non-hydrogen) atoms. The van der Waals surface area contributed by atoms with Crippen molar-refractivity contribution < 1.29 is 0 Å². The highest BCUT2D eigenvalue weighted by atomic mass is 15.0. The van der Waals surface area contributed by atoms with Crippen LogP contribution in [-0.2, 0) is 0 Å². The summed E-state index contributed by atoms with van der Waals surface area (Å²) in [5.74, 6) is 1.23. The predicted molar refractivity (Wildman–Crippen MR) is 72.0 cm³/mol. The molecule has 1 aliphatic rings. The number of nitrogens with zero attached hydrogens (tertiary/aromatic N) is 4. The summed E-state index contributed by atoms with van der Waals surface area (Å²) in [5.41, 5.74) is 7.14. The van der Waals surface area contributed by atoms with Crippen LogP contribution in [0.5, 0.6) is 0 Å². The zero-order chi connectivity index (χ0) is 13.2. The van der Waals surface area contributed by atoms with Crippen LogP contribution in [0.4, 0.5) is 5.82 Å². The molecule has 2 aromatic rings. The van der Waals surface area contributed by atoms with Gasteiger partial charge in [-0.2, -0.15) is 0 Å².